The molecule has 0 aliphatic heterocycles. The molecule has 0 aliphatic carbocycles. The molecular weight excluding hydrogens is 196 g/mol. The molecule has 0 bridgehead atoms. The highest BCUT2D eigenvalue weighted by atomic mass is 15.3. The maximum Gasteiger partial charge on any atom is 0.0955 e. The van der Waals surface area contributed by atoms with Crippen LogP contribution in [0.25, 0.3) is 11.3 Å². The summed E-state index contributed by atoms with van der Waals surface area (Å²) in [5.74, 6) is 0. The molecule has 0 atom stereocenters. The second kappa shape index (κ2) is 3.78. The number of nitrogens with zero attached hydrogens (tertiary/aromatic N) is 2. The lowest BCUT2D eigenvalue weighted by molar-refractivity contribution is 0.741. The molecule has 0 unspecified atom stereocenters. The average Bonchev–Trinajstić information content (AvgIpc) is 2.50. The molecule has 0 saturated heterocycles. The Labute approximate surface area is 96.9 Å². The van der Waals surface area contributed by atoms with Crippen LogP contribution < -0.4 is 0 Å². The quantitative estimate of drug-likeness (QED) is 0.712. The van der Waals surface area contributed by atoms with Crippen molar-refractivity contribution in [3.8, 4) is 11.3 Å². The smallest absolute Gasteiger partial charge is 0.0955 e. The molecule has 16 heavy (non-hydrogen) atoms. The van der Waals surface area contributed by atoms with Crippen molar-refractivity contribution in [3.05, 3.63) is 40.6 Å². The third-order valence-electron chi connectivity index (χ3n) is 3.41. The van der Waals surface area contributed by atoms with Crippen molar-refractivity contribution < 1.29 is 0 Å². The molecular formula is C14H18N2. The number of rotatable bonds is 1. The van der Waals surface area contributed by atoms with Gasteiger partial charge < -0.3 is 0 Å². The van der Waals surface area contributed by atoms with E-state index < -0.39 is 0 Å². The van der Waals surface area contributed by atoms with Gasteiger partial charge in [-0.25, -0.2) is 0 Å². The summed E-state index contributed by atoms with van der Waals surface area (Å²) in [6.45, 7) is 8.51. The molecule has 0 amide bonds. The number of aryl methyl sites for hydroxylation is 3. The van der Waals surface area contributed by atoms with Gasteiger partial charge in [0.1, 0.15) is 0 Å². The Morgan fingerprint density at radius 2 is 1.69 bits per heavy atom. The van der Waals surface area contributed by atoms with Gasteiger partial charge in [0.05, 0.1) is 5.69 Å². The van der Waals surface area contributed by atoms with E-state index in [0.29, 0.717) is 0 Å². The van der Waals surface area contributed by atoms with Gasteiger partial charge in [-0.3, -0.25) is 4.68 Å². The molecule has 0 radical (unpaired) electrons. The maximum atomic E-state index is 4.57. The van der Waals surface area contributed by atoms with Crippen LogP contribution in [-0.2, 0) is 7.05 Å². The molecule has 0 spiro atoms. The highest BCUT2D eigenvalue weighted by Crippen LogP contribution is 2.25. The Balaban J connectivity index is 2.59. The molecule has 2 aromatic rings. The van der Waals surface area contributed by atoms with Crippen LogP contribution in [0, 0.1) is 27.7 Å². The molecule has 0 fully saturated rings. The van der Waals surface area contributed by atoms with Gasteiger partial charge in [-0.1, -0.05) is 12.1 Å². The first kappa shape index (κ1) is 10.9. The molecule has 0 aliphatic rings. The highest BCUT2D eigenvalue weighted by Gasteiger charge is 2.10. The van der Waals surface area contributed by atoms with Gasteiger partial charge in [0.25, 0.3) is 0 Å². The van der Waals surface area contributed by atoms with Crippen LogP contribution in [0.4, 0.5) is 0 Å². The fraction of sp³-hybridized carbons (Fsp3) is 0.357. The fourth-order valence-electron chi connectivity index (χ4n) is 1.88. The Morgan fingerprint density at radius 1 is 1.00 bits per heavy atom. The maximum absolute atomic E-state index is 4.57. The van der Waals surface area contributed by atoms with E-state index in [1.807, 2.05) is 11.7 Å². The van der Waals surface area contributed by atoms with Crippen molar-refractivity contribution in [2.45, 2.75) is 27.7 Å². The molecule has 1 heterocycles. The standard InChI is InChI=1S/C14H18N2/c1-9-6-7-13(8-10(9)2)14-11(3)12(4)16(5)15-14/h6-8H,1-5H3. The van der Waals surface area contributed by atoms with Gasteiger partial charge in [-0.15, -0.1) is 0 Å². The van der Waals surface area contributed by atoms with Gasteiger partial charge >= 0.3 is 0 Å². The zero-order valence-electron chi connectivity index (χ0n) is 10.6. The van der Waals surface area contributed by atoms with Crippen molar-refractivity contribution in [2.75, 3.05) is 0 Å². The van der Waals surface area contributed by atoms with Crippen LogP contribution in [0.3, 0.4) is 0 Å². The van der Waals surface area contributed by atoms with E-state index in [0.717, 1.165) is 5.69 Å². The second-order valence-corrected chi connectivity index (χ2v) is 4.48. The third-order valence-corrected chi connectivity index (χ3v) is 3.41. The van der Waals surface area contributed by atoms with Crippen LogP contribution in [-0.4, -0.2) is 9.78 Å². The molecule has 84 valence electrons. The topological polar surface area (TPSA) is 17.8 Å². The summed E-state index contributed by atoms with van der Waals surface area (Å²) in [6.07, 6.45) is 0. The predicted molar refractivity (Wildman–Crippen MR) is 67.6 cm³/mol. The Morgan fingerprint density at radius 3 is 2.19 bits per heavy atom. The molecule has 1 aromatic carbocycles. The minimum Gasteiger partial charge on any atom is -0.272 e. The van der Waals surface area contributed by atoms with Gasteiger partial charge in [0.2, 0.25) is 0 Å². The second-order valence-electron chi connectivity index (χ2n) is 4.48. The third kappa shape index (κ3) is 1.64. The summed E-state index contributed by atoms with van der Waals surface area (Å²) >= 11 is 0. The van der Waals surface area contributed by atoms with Crippen LogP contribution in [0.1, 0.15) is 22.4 Å². The average molecular weight is 214 g/mol. The predicted octanol–water partition coefficient (Wildman–Crippen LogP) is 3.32. The number of hydrogen-bond donors (Lipinski definition) is 0. The summed E-state index contributed by atoms with van der Waals surface area (Å²) in [7, 11) is 1.99. The monoisotopic (exact) mass is 214 g/mol. The highest BCUT2D eigenvalue weighted by molar-refractivity contribution is 5.65. The zero-order chi connectivity index (χ0) is 11.9. The van der Waals surface area contributed by atoms with E-state index in [1.54, 1.807) is 0 Å². The molecule has 0 saturated carbocycles. The van der Waals surface area contributed by atoms with Crippen molar-refractivity contribution in [3.63, 3.8) is 0 Å². The van der Waals surface area contributed by atoms with Crippen molar-refractivity contribution >= 4 is 0 Å². The normalized spacial score (nSPS) is 10.8. The lowest BCUT2D eigenvalue weighted by Crippen LogP contribution is -1.92. The number of benzene rings is 1. The van der Waals surface area contributed by atoms with E-state index in [2.05, 4.69) is 51.0 Å². The lowest BCUT2D eigenvalue weighted by atomic mass is 10.0. The molecule has 2 rings (SSSR count). The number of aromatic nitrogens is 2. The van der Waals surface area contributed by atoms with Crippen LogP contribution in [0.5, 0.6) is 0 Å². The first-order valence-corrected chi connectivity index (χ1v) is 5.58. The van der Waals surface area contributed by atoms with Crippen LogP contribution >= 0.6 is 0 Å². The Bertz CT molecular complexity index is 536. The van der Waals surface area contributed by atoms with Crippen molar-refractivity contribution in [1.29, 1.82) is 0 Å². The first-order chi connectivity index (χ1) is 7.50. The summed E-state index contributed by atoms with van der Waals surface area (Å²) in [5, 5.41) is 4.57. The summed E-state index contributed by atoms with van der Waals surface area (Å²) in [5.41, 5.74) is 7.46. The summed E-state index contributed by atoms with van der Waals surface area (Å²) in [6, 6.07) is 6.52. The van der Waals surface area contributed by atoms with Gasteiger partial charge in [-0.2, -0.15) is 5.10 Å². The fourth-order valence-corrected chi connectivity index (χ4v) is 1.88. The van der Waals surface area contributed by atoms with Gasteiger partial charge in [0, 0.05) is 18.3 Å². The minimum atomic E-state index is 1.10. The molecule has 2 heteroatoms. The summed E-state index contributed by atoms with van der Waals surface area (Å²) in [4.78, 5) is 0. The van der Waals surface area contributed by atoms with E-state index in [9.17, 15) is 0 Å². The Kier molecular flexibility index (Phi) is 2.58. The largest absolute Gasteiger partial charge is 0.272 e. The van der Waals surface area contributed by atoms with Crippen molar-refractivity contribution in [1.82, 2.24) is 9.78 Å². The molecule has 2 nitrogen and oxygen atoms in total. The summed E-state index contributed by atoms with van der Waals surface area (Å²) < 4.78 is 1.94. The zero-order valence-corrected chi connectivity index (χ0v) is 10.6. The lowest BCUT2D eigenvalue weighted by Gasteiger charge is -2.03. The molecule has 1 aromatic heterocycles. The minimum absolute atomic E-state index is 1.10. The van der Waals surface area contributed by atoms with Crippen molar-refractivity contribution in [2.24, 2.45) is 7.05 Å². The van der Waals surface area contributed by atoms with Gasteiger partial charge in [0.15, 0.2) is 0 Å². The van der Waals surface area contributed by atoms with E-state index in [1.165, 1.54) is 27.9 Å². The first-order valence-electron chi connectivity index (χ1n) is 5.58. The molecule has 0 N–H and O–H groups in total. The van der Waals surface area contributed by atoms with Crippen LogP contribution in [0.2, 0.25) is 0 Å². The van der Waals surface area contributed by atoms with Gasteiger partial charge in [-0.05, 0) is 50.5 Å². The van der Waals surface area contributed by atoms with E-state index in [4.69, 9.17) is 0 Å². The number of hydrogen-bond acceptors (Lipinski definition) is 1. The van der Waals surface area contributed by atoms with E-state index in [-0.39, 0.29) is 0 Å². The Hall–Kier alpha value is -1.57. The SMILES string of the molecule is Cc1ccc(-c2nn(C)c(C)c2C)cc1C. The van der Waals surface area contributed by atoms with Crippen LogP contribution in [0.15, 0.2) is 18.2 Å². The van der Waals surface area contributed by atoms with E-state index >= 15 is 0 Å².